The Labute approximate surface area is 47.3 Å². The summed E-state index contributed by atoms with van der Waals surface area (Å²) in [5.74, 6) is 0. The highest BCUT2D eigenvalue weighted by atomic mass is 16.6. The van der Waals surface area contributed by atoms with E-state index >= 15 is 0 Å². The van der Waals surface area contributed by atoms with Crippen LogP contribution in [0.3, 0.4) is 0 Å². The largest absolute Gasteiger partial charge is 0.394 e. The highest BCUT2D eigenvalue weighted by Crippen LogP contribution is 1.81. The monoisotopic (exact) mass is 122 g/mol. The standard InChI is InChI=1S/C4H10O4/c5-1-2-8-4(7)3-6/h4-7H,1-3H2. The zero-order valence-corrected chi connectivity index (χ0v) is 4.45. The van der Waals surface area contributed by atoms with Crippen LogP contribution < -0.4 is 0 Å². The third-order valence-corrected chi connectivity index (χ3v) is 0.558. The molecule has 0 heterocycles. The maximum Gasteiger partial charge on any atom is 0.177 e. The van der Waals surface area contributed by atoms with E-state index in [1.165, 1.54) is 0 Å². The topological polar surface area (TPSA) is 69.9 Å². The molecule has 1 unspecified atom stereocenters. The molecule has 0 spiro atoms. The van der Waals surface area contributed by atoms with Gasteiger partial charge in [0, 0.05) is 0 Å². The van der Waals surface area contributed by atoms with E-state index in [0.29, 0.717) is 0 Å². The van der Waals surface area contributed by atoms with E-state index in [0.717, 1.165) is 0 Å². The molecule has 8 heavy (non-hydrogen) atoms. The van der Waals surface area contributed by atoms with Crippen LogP contribution in [-0.4, -0.2) is 41.4 Å². The molecule has 3 N–H and O–H groups in total. The van der Waals surface area contributed by atoms with Crippen molar-refractivity contribution in [3.05, 3.63) is 0 Å². The predicted octanol–water partition coefficient (Wildman–Crippen LogP) is -1.69. The fraction of sp³-hybridized carbons (Fsp3) is 1.00. The first kappa shape index (κ1) is 7.84. The average molecular weight is 122 g/mol. The minimum Gasteiger partial charge on any atom is -0.394 e. The molecule has 1 atom stereocenters. The van der Waals surface area contributed by atoms with Crippen LogP contribution >= 0.6 is 0 Å². The molecule has 4 nitrogen and oxygen atoms in total. The fourth-order valence-electron chi connectivity index (χ4n) is 0.241. The average Bonchev–Trinajstić information content (AvgIpc) is 1.83. The summed E-state index contributed by atoms with van der Waals surface area (Å²) < 4.78 is 4.40. The van der Waals surface area contributed by atoms with Crippen molar-refractivity contribution in [2.45, 2.75) is 6.29 Å². The Morgan fingerprint density at radius 1 is 1.38 bits per heavy atom. The Balaban J connectivity index is 2.86. The van der Waals surface area contributed by atoms with Gasteiger partial charge in [-0.25, -0.2) is 0 Å². The first-order valence-corrected chi connectivity index (χ1v) is 2.32. The van der Waals surface area contributed by atoms with Crippen molar-refractivity contribution in [2.75, 3.05) is 19.8 Å². The molecule has 0 saturated carbocycles. The molecule has 0 aliphatic carbocycles. The number of rotatable bonds is 4. The minimum absolute atomic E-state index is 0.0573. The van der Waals surface area contributed by atoms with Crippen molar-refractivity contribution in [3.63, 3.8) is 0 Å². The smallest absolute Gasteiger partial charge is 0.177 e. The van der Waals surface area contributed by atoms with Crippen LogP contribution in [0.1, 0.15) is 0 Å². The van der Waals surface area contributed by atoms with E-state index in [9.17, 15) is 0 Å². The molecule has 0 rings (SSSR count). The minimum atomic E-state index is -1.15. The van der Waals surface area contributed by atoms with Crippen LogP contribution in [0, 0.1) is 0 Å². The first-order chi connectivity index (χ1) is 3.81. The van der Waals surface area contributed by atoms with Gasteiger partial charge in [0.2, 0.25) is 0 Å². The van der Waals surface area contributed by atoms with Gasteiger partial charge in [-0.2, -0.15) is 0 Å². The molecule has 0 saturated heterocycles. The quantitative estimate of drug-likeness (QED) is 0.389. The van der Waals surface area contributed by atoms with E-state index in [1.54, 1.807) is 0 Å². The number of hydrogen-bond acceptors (Lipinski definition) is 4. The second-order valence-corrected chi connectivity index (χ2v) is 1.23. The third kappa shape index (κ3) is 4.01. The van der Waals surface area contributed by atoms with Gasteiger partial charge < -0.3 is 20.1 Å². The zero-order chi connectivity index (χ0) is 6.41. The molecule has 0 aromatic carbocycles. The summed E-state index contributed by atoms with van der Waals surface area (Å²) in [4.78, 5) is 0. The maximum atomic E-state index is 8.41. The Hall–Kier alpha value is -0.160. The van der Waals surface area contributed by atoms with Gasteiger partial charge in [0.15, 0.2) is 6.29 Å². The Kier molecular flexibility index (Phi) is 4.89. The summed E-state index contributed by atoms with van der Waals surface area (Å²) in [5, 5.41) is 24.6. The van der Waals surface area contributed by atoms with Gasteiger partial charge in [-0.15, -0.1) is 0 Å². The summed E-state index contributed by atoms with van der Waals surface area (Å²) in [7, 11) is 0. The van der Waals surface area contributed by atoms with Gasteiger partial charge in [0.1, 0.15) is 0 Å². The van der Waals surface area contributed by atoms with Crippen LogP contribution in [-0.2, 0) is 4.74 Å². The van der Waals surface area contributed by atoms with Crippen LogP contribution in [0.25, 0.3) is 0 Å². The Morgan fingerprint density at radius 3 is 2.38 bits per heavy atom. The van der Waals surface area contributed by atoms with E-state index in [4.69, 9.17) is 15.3 Å². The molecular formula is C4H10O4. The molecule has 0 aliphatic heterocycles. The lowest BCUT2D eigenvalue weighted by Gasteiger charge is -2.05. The number of ether oxygens (including phenoxy) is 1. The molecule has 0 aromatic rings. The fourth-order valence-corrected chi connectivity index (χ4v) is 0.241. The SMILES string of the molecule is OCCOC(O)CO. The lowest BCUT2D eigenvalue weighted by Crippen LogP contribution is -2.18. The zero-order valence-electron chi connectivity index (χ0n) is 4.45. The van der Waals surface area contributed by atoms with E-state index in [1.807, 2.05) is 0 Å². The molecule has 0 amide bonds. The second-order valence-electron chi connectivity index (χ2n) is 1.23. The maximum absolute atomic E-state index is 8.41. The Bertz CT molecular complexity index is 47.3. The normalized spacial score (nSPS) is 13.9. The summed E-state index contributed by atoms with van der Waals surface area (Å²) in [6, 6.07) is 0. The van der Waals surface area contributed by atoms with E-state index in [2.05, 4.69) is 4.74 Å². The highest BCUT2D eigenvalue weighted by Gasteiger charge is 1.97. The van der Waals surface area contributed by atoms with Crippen molar-refractivity contribution in [3.8, 4) is 0 Å². The van der Waals surface area contributed by atoms with Gasteiger partial charge in [-0.3, -0.25) is 0 Å². The molecule has 0 bridgehead atoms. The van der Waals surface area contributed by atoms with Gasteiger partial charge in [-0.1, -0.05) is 0 Å². The molecule has 4 heteroatoms. The van der Waals surface area contributed by atoms with Gasteiger partial charge in [0.05, 0.1) is 19.8 Å². The third-order valence-electron chi connectivity index (χ3n) is 0.558. The van der Waals surface area contributed by atoms with Gasteiger partial charge in [-0.05, 0) is 0 Å². The van der Waals surface area contributed by atoms with Crippen LogP contribution in [0.2, 0.25) is 0 Å². The lowest BCUT2D eigenvalue weighted by atomic mass is 10.7. The number of aliphatic hydroxyl groups excluding tert-OH is 3. The molecule has 0 aromatic heterocycles. The van der Waals surface area contributed by atoms with Crippen molar-refractivity contribution in [1.82, 2.24) is 0 Å². The number of aliphatic hydroxyl groups is 3. The second kappa shape index (κ2) is 4.99. The summed E-state index contributed by atoms with van der Waals surface area (Å²) in [5.41, 5.74) is 0. The Morgan fingerprint density at radius 2 is 2.00 bits per heavy atom. The van der Waals surface area contributed by atoms with Crippen LogP contribution in [0.15, 0.2) is 0 Å². The van der Waals surface area contributed by atoms with E-state index in [-0.39, 0.29) is 13.2 Å². The molecule has 50 valence electrons. The summed E-state index contributed by atoms with van der Waals surface area (Å²) in [6.45, 7) is -0.515. The molecule has 0 radical (unpaired) electrons. The molecule has 0 fully saturated rings. The number of hydrogen-bond donors (Lipinski definition) is 3. The van der Waals surface area contributed by atoms with Crippen LogP contribution in [0.5, 0.6) is 0 Å². The first-order valence-electron chi connectivity index (χ1n) is 2.32. The van der Waals surface area contributed by atoms with Crippen molar-refractivity contribution in [1.29, 1.82) is 0 Å². The van der Waals surface area contributed by atoms with E-state index < -0.39 is 12.9 Å². The van der Waals surface area contributed by atoms with Gasteiger partial charge >= 0.3 is 0 Å². The van der Waals surface area contributed by atoms with Crippen LogP contribution in [0.4, 0.5) is 0 Å². The van der Waals surface area contributed by atoms with Crippen molar-refractivity contribution in [2.24, 2.45) is 0 Å². The summed E-state index contributed by atoms with van der Waals surface area (Å²) in [6.07, 6.45) is -1.15. The van der Waals surface area contributed by atoms with Gasteiger partial charge in [0.25, 0.3) is 0 Å². The lowest BCUT2D eigenvalue weighted by molar-refractivity contribution is -0.130. The summed E-state index contributed by atoms with van der Waals surface area (Å²) >= 11 is 0. The molecule has 0 aliphatic rings. The van der Waals surface area contributed by atoms with Crippen molar-refractivity contribution < 1.29 is 20.1 Å². The predicted molar refractivity (Wildman–Crippen MR) is 26.1 cm³/mol. The molecular weight excluding hydrogens is 112 g/mol. The highest BCUT2D eigenvalue weighted by molar-refractivity contribution is 4.32. The van der Waals surface area contributed by atoms with Crippen molar-refractivity contribution >= 4 is 0 Å².